The summed E-state index contributed by atoms with van der Waals surface area (Å²) < 4.78 is 2.02. The van der Waals surface area contributed by atoms with E-state index in [-0.39, 0.29) is 22.8 Å². The standard InChI is InChI=1S/C17H17N5O3/c18-13-7-6-12(10-16(13)22(24)25)17(23)19-8-3-9-21-11-20-14-4-1-2-5-15(14)21/h1-2,4-7,10-11H,3,8-9,18H2,(H,19,23). The number of anilines is 1. The fourth-order valence-corrected chi connectivity index (χ4v) is 2.58. The van der Waals surface area contributed by atoms with Gasteiger partial charge in [-0.05, 0) is 30.7 Å². The topological polar surface area (TPSA) is 116 Å². The molecule has 1 aromatic heterocycles. The van der Waals surface area contributed by atoms with Crippen molar-refractivity contribution in [1.29, 1.82) is 0 Å². The van der Waals surface area contributed by atoms with Crippen LogP contribution in [0, 0.1) is 10.1 Å². The van der Waals surface area contributed by atoms with Gasteiger partial charge in [0.1, 0.15) is 5.69 Å². The number of amides is 1. The van der Waals surface area contributed by atoms with Crippen molar-refractivity contribution in [3.05, 3.63) is 64.5 Å². The van der Waals surface area contributed by atoms with E-state index in [0.29, 0.717) is 19.5 Å². The Labute approximate surface area is 143 Å². The minimum absolute atomic E-state index is 0.0357. The highest BCUT2D eigenvalue weighted by molar-refractivity contribution is 5.95. The minimum atomic E-state index is -0.601. The number of hydrogen-bond acceptors (Lipinski definition) is 5. The van der Waals surface area contributed by atoms with Gasteiger partial charge in [0.2, 0.25) is 0 Å². The van der Waals surface area contributed by atoms with Gasteiger partial charge < -0.3 is 15.6 Å². The first-order valence-electron chi connectivity index (χ1n) is 7.78. The number of imidazole rings is 1. The van der Waals surface area contributed by atoms with E-state index in [1.165, 1.54) is 18.2 Å². The number of aromatic nitrogens is 2. The number of fused-ring (bicyclic) bond motifs is 1. The normalized spacial score (nSPS) is 10.7. The fourth-order valence-electron chi connectivity index (χ4n) is 2.58. The lowest BCUT2D eigenvalue weighted by atomic mass is 10.1. The van der Waals surface area contributed by atoms with Crippen LogP contribution in [0.3, 0.4) is 0 Å². The molecular formula is C17H17N5O3. The first-order chi connectivity index (χ1) is 12.1. The zero-order valence-electron chi connectivity index (χ0n) is 13.4. The van der Waals surface area contributed by atoms with Crippen molar-refractivity contribution in [2.45, 2.75) is 13.0 Å². The maximum absolute atomic E-state index is 12.1. The molecule has 8 heteroatoms. The SMILES string of the molecule is Nc1ccc(C(=O)NCCCn2cnc3ccccc32)cc1[N+](=O)[O-]. The zero-order chi connectivity index (χ0) is 17.8. The molecule has 0 saturated carbocycles. The van der Waals surface area contributed by atoms with Crippen LogP contribution in [0.4, 0.5) is 11.4 Å². The minimum Gasteiger partial charge on any atom is -0.393 e. The lowest BCUT2D eigenvalue weighted by Crippen LogP contribution is -2.25. The Bertz CT molecular complexity index is 935. The Kier molecular flexibility index (Phi) is 4.60. The molecule has 0 aliphatic heterocycles. The molecule has 128 valence electrons. The molecule has 0 saturated heterocycles. The molecule has 0 aliphatic rings. The summed E-state index contributed by atoms with van der Waals surface area (Å²) in [5, 5.41) is 13.6. The molecule has 0 aliphatic carbocycles. The average Bonchev–Trinajstić information content (AvgIpc) is 3.02. The van der Waals surface area contributed by atoms with Gasteiger partial charge in [-0.2, -0.15) is 0 Å². The number of rotatable bonds is 6. The third kappa shape index (κ3) is 3.57. The van der Waals surface area contributed by atoms with Crippen molar-refractivity contribution < 1.29 is 9.72 Å². The number of nitro groups is 1. The lowest BCUT2D eigenvalue weighted by Gasteiger charge is -2.07. The van der Waals surface area contributed by atoms with Gasteiger partial charge in [0.15, 0.2) is 0 Å². The third-order valence-electron chi connectivity index (χ3n) is 3.88. The molecule has 0 bridgehead atoms. The summed E-state index contributed by atoms with van der Waals surface area (Å²) in [7, 11) is 0. The van der Waals surface area contributed by atoms with Gasteiger partial charge in [-0.25, -0.2) is 4.98 Å². The molecule has 1 heterocycles. The molecule has 0 fully saturated rings. The summed E-state index contributed by atoms with van der Waals surface area (Å²) in [5.74, 6) is -0.362. The Balaban J connectivity index is 1.56. The number of benzene rings is 2. The number of carbonyl (C=O) groups excluding carboxylic acids is 1. The Hall–Kier alpha value is -3.42. The summed E-state index contributed by atoms with van der Waals surface area (Å²) in [5.41, 5.74) is 7.49. The van der Waals surface area contributed by atoms with Crippen LogP contribution in [0.25, 0.3) is 11.0 Å². The molecule has 3 rings (SSSR count). The van der Waals surface area contributed by atoms with E-state index in [4.69, 9.17) is 5.73 Å². The van der Waals surface area contributed by atoms with E-state index in [9.17, 15) is 14.9 Å². The van der Waals surface area contributed by atoms with E-state index < -0.39 is 4.92 Å². The number of nitrogens with two attached hydrogens (primary N) is 1. The smallest absolute Gasteiger partial charge is 0.292 e. The van der Waals surface area contributed by atoms with Crippen LogP contribution < -0.4 is 11.1 Å². The molecule has 0 atom stereocenters. The Morgan fingerprint density at radius 3 is 2.88 bits per heavy atom. The van der Waals surface area contributed by atoms with Gasteiger partial charge in [0.05, 0.1) is 22.3 Å². The fraction of sp³-hybridized carbons (Fsp3) is 0.176. The molecule has 25 heavy (non-hydrogen) atoms. The van der Waals surface area contributed by atoms with E-state index >= 15 is 0 Å². The first kappa shape index (κ1) is 16.4. The van der Waals surface area contributed by atoms with E-state index in [2.05, 4.69) is 10.3 Å². The lowest BCUT2D eigenvalue weighted by molar-refractivity contribution is -0.383. The number of nitrogens with zero attached hydrogens (tertiary/aromatic N) is 3. The summed E-state index contributed by atoms with van der Waals surface area (Å²) in [6.07, 6.45) is 2.49. The molecule has 3 N–H and O–H groups in total. The molecule has 0 radical (unpaired) electrons. The summed E-state index contributed by atoms with van der Waals surface area (Å²) in [4.78, 5) is 26.7. The number of aryl methyl sites for hydroxylation is 1. The van der Waals surface area contributed by atoms with Crippen molar-refractivity contribution in [2.75, 3.05) is 12.3 Å². The number of hydrogen-bond donors (Lipinski definition) is 2. The van der Waals surface area contributed by atoms with Crippen molar-refractivity contribution in [1.82, 2.24) is 14.9 Å². The number of carbonyl (C=O) groups is 1. The van der Waals surface area contributed by atoms with Crippen LogP contribution in [0.1, 0.15) is 16.8 Å². The van der Waals surface area contributed by atoms with Gasteiger partial charge in [-0.15, -0.1) is 0 Å². The predicted octanol–water partition coefficient (Wildman–Crippen LogP) is 2.35. The molecule has 8 nitrogen and oxygen atoms in total. The van der Waals surface area contributed by atoms with Crippen molar-refractivity contribution in [3.8, 4) is 0 Å². The molecule has 3 aromatic rings. The Morgan fingerprint density at radius 1 is 1.28 bits per heavy atom. The number of nitrogen functional groups attached to an aromatic ring is 1. The van der Waals surface area contributed by atoms with Gasteiger partial charge in [0, 0.05) is 24.7 Å². The molecule has 0 unspecified atom stereocenters. The largest absolute Gasteiger partial charge is 0.393 e. The monoisotopic (exact) mass is 339 g/mol. The number of nitrogens with one attached hydrogen (secondary N) is 1. The summed E-state index contributed by atoms with van der Waals surface area (Å²) in [6.45, 7) is 1.16. The predicted molar refractivity (Wildman–Crippen MR) is 94.2 cm³/mol. The van der Waals surface area contributed by atoms with Crippen molar-refractivity contribution in [3.63, 3.8) is 0 Å². The highest BCUT2D eigenvalue weighted by Gasteiger charge is 2.15. The highest BCUT2D eigenvalue weighted by Crippen LogP contribution is 2.22. The second-order valence-corrected chi connectivity index (χ2v) is 5.57. The molecular weight excluding hydrogens is 322 g/mol. The molecule has 2 aromatic carbocycles. The molecule has 0 spiro atoms. The summed E-state index contributed by atoms with van der Waals surface area (Å²) in [6, 6.07) is 11.9. The van der Waals surface area contributed by atoms with Crippen LogP contribution in [-0.2, 0) is 6.54 Å². The van der Waals surface area contributed by atoms with Gasteiger partial charge >= 0.3 is 0 Å². The zero-order valence-corrected chi connectivity index (χ0v) is 13.4. The number of nitro benzene ring substituents is 1. The van der Waals surface area contributed by atoms with E-state index in [1.54, 1.807) is 6.33 Å². The maximum atomic E-state index is 12.1. The number of para-hydroxylation sites is 2. The average molecular weight is 339 g/mol. The quantitative estimate of drug-likeness (QED) is 0.309. The van der Waals surface area contributed by atoms with Crippen LogP contribution in [0.15, 0.2) is 48.8 Å². The van der Waals surface area contributed by atoms with Crippen molar-refractivity contribution >= 4 is 28.3 Å². The summed E-state index contributed by atoms with van der Waals surface area (Å²) >= 11 is 0. The van der Waals surface area contributed by atoms with Crippen molar-refractivity contribution in [2.24, 2.45) is 0 Å². The van der Waals surface area contributed by atoms with Gasteiger partial charge in [-0.1, -0.05) is 12.1 Å². The van der Waals surface area contributed by atoms with Gasteiger partial charge in [0.25, 0.3) is 11.6 Å². The Morgan fingerprint density at radius 2 is 2.08 bits per heavy atom. The maximum Gasteiger partial charge on any atom is 0.292 e. The van der Waals surface area contributed by atoms with Crippen LogP contribution in [0.5, 0.6) is 0 Å². The van der Waals surface area contributed by atoms with Crippen LogP contribution in [-0.4, -0.2) is 26.9 Å². The van der Waals surface area contributed by atoms with Crippen LogP contribution >= 0.6 is 0 Å². The van der Waals surface area contributed by atoms with Crippen LogP contribution in [0.2, 0.25) is 0 Å². The second kappa shape index (κ2) is 7.00. The highest BCUT2D eigenvalue weighted by atomic mass is 16.6. The van der Waals surface area contributed by atoms with E-state index in [0.717, 1.165) is 11.0 Å². The molecule has 1 amide bonds. The second-order valence-electron chi connectivity index (χ2n) is 5.57. The van der Waals surface area contributed by atoms with E-state index in [1.807, 2.05) is 28.8 Å². The third-order valence-corrected chi connectivity index (χ3v) is 3.88. The van der Waals surface area contributed by atoms with Gasteiger partial charge in [-0.3, -0.25) is 14.9 Å². The first-order valence-corrected chi connectivity index (χ1v) is 7.78.